The Bertz CT molecular complexity index is 473. The van der Waals surface area contributed by atoms with Gasteiger partial charge in [-0.05, 0) is 45.7 Å². The van der Waals surface area contributed by atoms with Gasteiger partial charge in [-0.3, -0.25) is 9.80 Å². The predicted molar refractivity (Wildman–Crippen MR) is 88.2 cm³/mol. The van der Waals surface area contributed by atoms with Crippen molar-refractivity contribution in [3.05, 3.63) is 11.7 Å². The molecule has 0 aliphatic carbocycles. The van der Waals surface area contributed by atoms with Crippen LogP contribution in [0.2, 0.25) is 0 Å². The van der Waals surface area contributed by atoms with E-state index in [9.17, 15) is 0 Å². The van der Waals surface area contributed by atoms with Crippen molar-refractivity contribution in [3.8, 4) is 0 Å². The number of hydrogen-bond donors (Lipinski definition) is 0. The Morgan fingerprint density at radius 1 is 1.26 bits per heavy atom. The zero-order valence-electron chi connectivity index (χ0n) is 14.5. The zero-order chi connectivity index (χ0) is 16.1. The molecule has 130 valence electrons. The molecule has 0 saturated carbocycles. The maximum absolute atomic E-state index is 5.89. The first-order chi connectivity index (χ1) is 11.2. The third-order valence-corrected chi connectivity index (χ3v) is 5.05. The number of likely N-dealkylation sites (tertiary alicyclic amines) is 1. The molecule has 2 aliphatic heterocycles. The van der Waals surface area contributed by atoms with E-state index in [1.54, 1.807) is 0 Å². The SMILES string of the molecule is CCc1nc(CN2CCC[C@H](N(C)C[C@H]3CCCCO3)C2)no1. The Morgan fingerprint density at radius 3 is 2.91 bits per heavy atom. The van der Waals surface area contributed by atoms with Crippen LogP contribution in [0.25, 0.3) is 0 Å². The van der Waals surface area contributed by atoms with Crippen molar-refractivity contribution in [1.29, 1.82) is 0 Å². The lowest BCUT2D eigenvalue weighted by molar-refractivity contribution is -0.0153. The zero-order valence-corrected chi connectivity index (χ0v) is 14.5. The molecule has 3 heterocycles. The molecule has 1 aromatic heterocycles. The van der Waals surface area contributed by atoms with E-state index in [4.69, 9.17) is 9.26 Å². The Morgan fingerprint density at radius 2 is 2.17 bits per heavy atom. The third-order valence-electron chi connectivity index (χ3n) is 5.05. The molecule has 2 fully saturated rings. The van der Waals surface area contributed by atoms with Crippen LogP contribution in [-0.4, -0.2) is 65.4 Å². The number of aryl methyl sites for hydroxylation is 1. The van der Waals surface area contributed by atoms with Crippen molar-refractivity contribution in [2.75, 3.05) is 33.3 Å². The minimum atomic E-state index is 0.424. The minimum Gasteiger partial charge on any atom is -0.377 e. The van der Waals surface area contributed by atoms with Crippen molar-refractivity contribution < 1.29 is 9.26 Å². The van der Waals surface area contributed by atoms with E-state index in [2.05, 4.69) is 27.0 Å². The van der Waals surface area contributed by atoms with Gasteiger partial charge in [0.05, 0.1) is 12.6 Å². The summed E-state index contributed by atoms with van der Waals surface area (Å²) < 4.78 is 11.1. The van der Waals surface area contributed by atoms with E-state index in [-0.39, 0.29) is 0 Å². The van der Waals surface area contributed by atoms with Crippen LogP contribution in [0.5, 0.6) is 0 Å². The topological polar surface area (TPSA) is 54.6 Å². The van der Waals surface area contributed by atoms with Crippen LogP contribution in [0.15, 0.2) is 4.52 Å². The standard InChI is InChI=1S/C17H30N4O2/c1-3-17-18-16(19-23-17)13-21-9-6-7-14(11-21)20(2)12-15-8-4-5-10-22-15/h14-15H,3-13H2,1-2H3/t14-,15+/m0/s1. The van der Waals surface area contributed by atoms with Crippen LogP contribution < -0.4 is 0 Å². The first-order valence-corrected chi connectivity index (χ1v) is 9.10. The quantitative estimate of drug-likeness (QED) is 0.799. The van der Waals surface area contributed by atoms with Gasteiger partial charge >= 0.3 is 0 Å². The van der Waals surface area contributed by atoms with Gasteiger partial charge in [-0.1, -0.05) is 12.1 Å². The van der Waals surface area contributed by atoms with Gasteiger partial charge in [-0.25, -0.2) is 0 Å². The summed E-state index contributed by atoms with van der Waals surface area (Å²) >= 11 is 0. The van der Waals surface area contributed by atoms with Gasteiger partial charge in [-0.2, -0.15) is 4.98 Å². The van der Waals surface area contributed by atoms with Crippen molar-refractivity contribution in [2.24, 2.45) is 0 Å². The average Bonchev–Trinajstić information content (AvgIpc) is 3.03. The Labute approximate surface area is 139 Å². The summed E-state index contributed by atoms with van der Waals surface area (Å²) in [4.78, 5) is 9.38. The van der Waals surface area contributed by atoms with E-state index in [0.717, 1.165) is 50.9 Å². The first-order valence-electron chi connectivity index (χ1n) is 9.10. The number of ether oxygens (including phenoxy) is 1. The molecule has 0 radical (unpaired) electrons. The third kappa shape index (κ3) is 4.75. The van der Waals surface area contributed by atoms with E-state index in [0.29, 0.717) is 12.1 Å². The molecular weight excluding hydrogens is 292 g/mol. The van der Waals surface area contributed by atoms with E-state index >= 15 is 0 Å². The number of nitrogens with zero attached hydrogens (tertiary/aromatic N) is 4. The number of hydrogen-bond acceptors (Lipinski definition) is 6. The monoisotopic (exact) mass is 322 g/mol. The molecule has 0 bridgehead atoms. The molecule has 0 spiro atoms. The highest BCUT2D eigenvalue weighted by Crippen LogP contribution is 2.19. The number of piperidine rings is 1. The number of likely N-dealkylation sites (N-methyl/N-ethyl adjacent to an activating group) is 1. The Kier molecular flexibility index (Phi) is 6.02. The van der Waals surface area contributed by atoms with Crippen LogP contribution in [-0.2, 0) is 17.7 Å². The maximum Gasteiger partial charge on any atom is 0.226 e. The highest BCUT2D eigenvalue weighted by atomic mass is 16.5. The predicted octanol–water partition coefficient (Wildman–Crippen LogP) is 2.10. The molecule has 2 saturated heterocycles. The fraction of sp³-hybridized carbons (Fsp3) is 0.882. The summed E-state index contributed by atoms with van der Waals surface area (Å²) in [6.45, 7) is 7.04. The lowest BCUT2D eigenvalue weighted by Gasteiger charge is -2.39. The van der Waals surface area contributed by atoms with Crippen LogP contribution in [0.4, 0.5) is 0 Å². The summed E-state index contributed by atoms with van der Waals surface area (Å²) in [7, 11) is 2.25. The summed E-state index contributed by atoms with van der Waals surface area (Å²) in [6, 6.07) is 0.604. The van der Waals surface area contributed by atoms with Crippen molar-refractivity contribution in [2.45, 2.75) is 64.1 Å². The van der Waals surface area contributed by atoms with Crippen LogP contribution in [0.1, 0.15) is 50.7 Å². The molecule has 0 unspecified atom stereocenters. The van der Waals surface area contributed by atoms with Gasteiger partial charge in [0.15, 0.2) is 5.82 Å². The summed E-state index contributed by atoms with van der Waals surface area (Å²) in [5, 5.41) is 4.08. The van der Waals surface area contributed by atoms with Gasteiger partial charge in [0.25, 0.3) is 0 Å². The fourth-order valence-corrected chi connectivity index (χ4v) is 3.65. The van der Waals surface area contributed by atoms with Crippen LogP contribution in [0, 0.1) is 0 Å². The Hall–Kier alpha value is -0.980. The molecule has 6 nitrogen and oxygen atoms in total. The second-order valence-corrected chi connectivity index (χ2v) is 6.92. The van der Waals surface area contributed by atoms with Crippen molar-refractivity contribution >= 4 is 0 Å². The lowest BCUT2D eigenvalue weighted by Crippen LogP contribution is -2.48. The molecule has 1 aromatic rings. The van der Waals surface area contributed by atoms with Gasteiger partial charge in [-0.15, -0.1) is 0 Å². The molecule has 0 amide bonds. The summed E-state index contributed by atoms with van der Waals surface area (Å²) in [5.74, 6) is 1.56. The van der Waals surface area contributed by atoms with E-state index in [1.807, 2.05) is 6.92 Å². The van der Waals surface area contributed by atoms with Crippen LogP contribution >= 0.6 is 0 Å². The second-order valence-electron chi connectivity index (χ2n) is 6.92. The highest BCUT2D eigenvalue weighted by Gasteiger charge is 2.26. The van der Waals surface area contributed by atoms with E-state index < -0.39 is 0 Å². The molecule has 23 heavy (non-hydrogen) atoms. The van der Waals surface area contributed by atoms with E-state index in [1.165, 1.54) is 32.1 Å². The first kappa shape index (κ1) is 16.9. The molecule has 3 rings (SSSR count). The lowest BCUT2D eigenvalue weighted by atomic mass is 10.0. The summed E-state index contributed by atoms with van der Waals surface area (Å²) in [6.07, 6.45) is 7.48. The van der Waals surface area contributed by atoms with Gasteiger partial charge < -0.3 is 9.26 Å². The minimum absolute atomic E-state index is 0.424. The van der Waals surface area contributed by atoms with Gasteiger partial charge in [0.2, 0.25) is 5.89 Å². The summed E-state index contributed by atoms with van der Waals surface area (Å²) in [5.41, 5.74) is 0. The molecule has 0 N–H and O–H groups in total. The van der Waals surface area contributed by atoms with Gasteiger partial charge in [0, 0.05) is 32.2 Å². The fourth-order valence-electron chi connectivity index (χ4n) is 3.65. The maximum atomic E-state index is 5.89. The van der Waals surface area contributed by atoms with Crippen LogP contribution in [0.3, 0.4) is 0 Å². The second kappa shape index (κ2) is 8.22. The Balaban J connectivity index is 1.48. The largest absolute Gasteiger partial charge is 0.377 e. The number of rotatable bonds is 6. The smallest absolute Gasteiger partial charge is 0.226 e. The average molecular weight is 322 g/mol. The molecular formula is C17H30N4O2. The number of aromatic nitrogens is 2. The highest BCUT2D eigenvalue weighted by molar-refractivity contribution is 4.89. The molecule has 0 aromatic carbocycles. The molecule has 6 heteroatoms. The van der Waals surface area contributed by atoms with Gasteiger partial charge in [0.1, 0.15) is 0 Å². The van der Waals surface area contributed by atoms with Crippen molar-refractivity contribution in [3.63, 3.8) is 0 Å². The van der Waals surface area contributed by atoms with Crippen molar-refractivity contribution in [1.82, 2.24) is 19.9 Å². The normalized spacial score (nSPS) is 26.7. The molecule has 2 atom stereocenters. The molecule has 2 aliphatic rings.